The number of anilines is 1. The third-order valence-corrected chi connectivity index (χ3v) is 3.58. The molecule has 1 atom stereocenters. The van der Waals surface area contributed by atoms with Crippen LogP contribution in [-0.2, 0) is 0 Å². The van der Waals surface area contributed by atoms with Gasteiger partial charge in [0.2, 0.25) is 0 Å². The predicted octanol–water partition coefficient (Wildman–Crippen LogP) is 1.65. The minimum Gasteiger partial charge on any atom is -0.396 e. The lowest BCUT2D eigenvalue weighted by molar-refractivity contribution is 0.100. The van der Waals surface area contributed by atoms with Crippen LogP contribution in [-0.4, -0.2) is 30.7 Å². The third kappa shape index (κ3) is 2.76. The molecule has 4 nitrogen and oxygen atoms in total. The van der Waals surface area contributed by atoms with Crippen molar-refractivity contribution in [2.24, 2.45) is 11.7 Å². The Bertz CT molecular complexity index is 451. The third-order valence-electron chi connectivity index (χ3n) is 3.34. The van der Waals surface area contributed by atoms with Crippen LogP contribution in [0.3, 0.4) is 0 Å². The van der Waals surface area contributed by atoms with Gasteiger partial charge in [-0.1, -0.05) is 11.6 Å². The zero-order chi connectivity index (χ0) is 13.1. The molecule has 1 saturated heterocycles. The van der Waals surface area contributed by atoms with Crippen molar-refractivity contribution in [2.75, 3.05) is 24.6 Å². The number of piperidine rings is 1. The van der Waals surface area contributed by atoms with Gasteiger partial charge in [0.15, 0.2) is 0 Å². The highest BCUT2D eigenvalue weighted by molar-refractivity contribution is 6.31. The number of halogens is 1. The summed E-state index contributed by atoms with van der Waals surface area (Å²) in [7, 11) is 0. The van der Waals surface area contributed by atoms with E-state index in [0.29, 0.717) is 10.6 Å². The molecule has 1 aromatic rings. The molecule has 0 spiro atoms. The first-order chi connectivity index (χ1) is 8.61. The van der Waals surface area contributed by atoms with E-state index in [0.717, 1.165) is 31.6 Å². The number of aliphatic hydroxyl groups excluding tert-OH is 1. The standard InChI is InChI=1S/C13H17ClN2O2/c14-10-3-4-12(11(6-10)13(15)18)16-5-1-2-9(7-16)8-17/h3-4,6,9,17H,1-2,5,7-8H2,(H2,15,18). The number of carbonyl (C=O) groups is 1. The SMILES string of the molecule is NC(=O)c1cc(Cl)ccc1N1CCCC(CO)C1. The Hall–Kier alpha value is -1.26. The normalized spacial score (nSPS) is 19.9. The molecule has 1 aliphatic rings. The minimum absolute atomic E-state index is 0.177. The summed E-state index contributed by atoms with van der Waals surface area (Å²) in [4.78, 5) is 13.6. The van der Waals surface area contributed by atoms with Crippen molar-refractivity contribution in [1.82, 2.24) is 0 Å². The van der Waals surface area contributed by atoms with E-state index in [1.54, 1.807) is 12.1 Å². The lowest BCUT2D eigenvalue weighted by Gasteiger charge is -2.34. The first-order valence-corrected chi connectivity index (χ1v) is 6.44. The number of hydrogen-bond acceptors (Lipinski definition) is 3. The summed E-state index contributed by atoms with van der Waals surface area (Å²) < 4.78 is 0. The maximum atomic E-state index is 11.5. The zero-order valence-corrected chi connectivity index (χ0v) is 10.9. The van der Waals surface area contributed by atoms with E-state index in [-0.39, 0.29) is 12.5 Å². The van der Waals surface area contributed by atoms with Gasteiger partial charge >= 0.3 is 0 Å². The summed E-state index contributed by atoms with van der Waals surface area (Å²) in [5, 5.41) is 9.74. The van der Waals surface area contributed by atoms with Gasteiger partial charge in [-0.2, -0.15) is 0 Å². The number of primary amides is 1. The van der Waals surface area contributed by atoms with Crippen molar-refractivity contribution in [3.63, 3.8) is 0 Å². The second-order valence-electron chi connectivity index (χ2n) is 4.66. The number of carbonyl (C=O) groups excluding carboxylic acids is 1. The quantitative estimate of drug-likeness (QED) is 0.876. The molecule has 18 heavy (non-hydrogen) atoms. The smallest absolute Gasteiger partial charge is 0.250 e. The van der Waals surface area contributed by atoms with Crippen LogP contribution in [0.25, 0.3) is 0 Å². The Kier molecular flexibility index (Phi) is 4.09. The Morgan fingerprint density at radius 3 is 3.00 bits per heavy atom. The van der Waals surface area contributed by atoms with Gasteiger partial charge in [0, 0.05) is 30.4 Å². The lowest BCUT2D eigenvalue weighted by atomic mass is 9.97. The van der Waals surface area contributed by atoms with E-state index in [9.17, 15) is 9.90 Å². The van der Waals surface area contributed by atoms with Crippen LogP contribution in [0.2, 0.25) is 5.02 Å². The van der Waals surface area contributed by atoms with Crippen LogP contribution < -0.4 is 10.6 Å². The number of nitrogens with two attached hydrogens (primary N) is 1. The number of nitrogens with zero attached hydrogens (tertiary/aromatic N) is 1. The van der Waals surface area contributed by atoms with E-state index in [1.807, 2.05) is 6.07 Å². The molecule has 0 saturated carbocycles. The number of aliphatic hydroxyl groups is 1. The first kappa shape index (κ1) is 13.2. The highest BCUT2D eigenvalue weighted by Gasteiger charge is 2.22. The summed E-state index contributed by atoms with van der Waals surface area (Å²) in [5.41, 5.74) is 6.64. The molecule has 1 unspecified atom stereocenters. The molecule has 5 heteroatoms. The molecule has 1 aliphatic heterocycles. The number of rotatable bonds is 3. The largest absolute Gasteiger partial charge is 0.396 e. The fraction of sp³-hybridized carbons (Fsp3) is 0.462. The molecule has 0 bridgehead atoms. The van der Waals surface area contributed by atoms with Crippen molar-refractivity contribution >= 4 is 23.2 Å². The molecule has 3 N–H and O–H groups in total. The highest BCUT2D eigenvalue weighted by Crippen LogP contribution is 2.28. The van der Waals surface area contributed by atoms with Gasteiger partial charge < -0.3 is 15.7 Å². The van der Waals surface area contributed by atoms with Crippen LogP contribution >= 0.6 is 11.6 Å². The van der Waals surface area contributed by atoms with Crippen molar-refractivity contribution < 1.29 is 9.90 Å². The van der Waals surface area contributed by atoms with Gasteiger partial charge in [0.05, 0.1) is 5.56 Å². The van der Waals surface area contributed by atoms with Gasteiger partial charge in [-0.3, -0.25) is 4.79 Å². The van der Waals surface area contributed by atoms with Gasteiger partial charge in [0.25, 0.3) is 5.91 Å². The molecule has 1 aromatic carbocycles. The Balaban J connectivity index is 2.29. The Labute approximate surface area is 111 Å². The lowest BCUT2D eigenvalue weighted by Crippen LogP contribution is -2.38. The molecule has 2 rings (SSSR count). The van der Waals surface area contributed by atoms with Crippen LogP contribution in [0.4, 0.5) is 5.69 Å². The molecule has 0 radical (unpaired) electrons. The van der Waals surface area contributed by atoms with E-state index in [1.165, 1.54) is 0 Å². The number of benzene rings is 1. The first-order valence-electron chi connectivity index (χ1n) is 6.07. The Morgan fingerprint density at radius 1 is 1.56 bits per heavy atom. The van der Waals surface area contributed by atoms with Gasteiger partial charge in [-0.15, -0.1) is 0 Å². The second kappa shape index (κ2) is 5.59. The zero-order valence-electron chi connectivity index (χ0n) is 10.1. The molecular formula is C13H17ClN2O2. The van der Waals surface area contributed by atoms with E-state index < -0.39 is 5.91 Å². The predicted molar refractivity (Wildman–Crippen MR) is 72.0 cm³/mol. The molecule has 0 aromatic heterocycles. The van der Waals surface area contributed by atoms with Gasteiger partial charge in [-0.05, 0) is 37.0 Å². The van der Waals surface area contributed by atoms with E-state index in [4.69, 9.17) is 17.3 Å². The molecule has 98 valence electrons. The molecular weight excluding hydrogens is 252 g/mol. The topological polar surface area (TPSA) is 66.6 Å². The fourth-order valence-electron chi connectivity index (χ4n) is 2.41. The summed E-state index contributed by atoms with van der Waals surface area (Å²) in [6, 6.07) is 5.18. The summed E-state index contributed by atoms with van der Waals surface area (Å²) >= 11 is 5.89. The number of hydrogen-bond donors (Lipinski definition) is 2. The van der Waals surface area contributed by atoms with E-state index in [2.05, 4.69) is 4.90 Å². The maximum Gasteiger partial charge on any atom is 0.250 e. The monoisotopic (exact) mass is 268 g/mol. The molecule has 1 fully saturated rings. The van der Waals surface area contributed by atoms with Crippen molar-refractivity contribution in [1.29, 1.82) is 0 Å². The fourth-order valence-corrected chi connectivity index (χ4v) is 2.59. The van der Waals surface area contributed by atoms with Crippen LogP contribution in [0.1, 0.15) is 23.2 Å². The number of amides is 1. The average molecular weight is 269 g/mol. The maximum absolute atomic E-state index is 11.5. The van der Waals surface area contributed by atoms with Crippen molar-refractivity contribution in [3.05, 3.63) is 28.8 Å². The summed E-state index contributed by atoms with van der Waals surface area (Å²) in [5.74, 6) is -0.214. The minimum atomic E-state index is -0.473. The Morgan fingerprint density at radius 2 is 2.33 bits per heavy atom. The van der Waals surface area contributed by atoms with Crippen molar-refractivity contribution in [3.8, 4) is 0 Å². The summed E-state index contributed by atoms with van der Waals surface area (Å²) in [6.07, 6.45) is 2.03. The van der Waals surface area contributed by atoms with E-state index >= 15 is 0 Å². The average Bonchev–Trinajstić information content (AvgIpc) is 2.38. The van der Waals surface area contributed by atoms with Gasteiger partial charge in [0.1, 0.15) is 0 Å². The second-order valence-corrected chi connectivity index (χ2v) is 5.10. The van der Waals surface area contributed by atoms with Crippen LogP contribution in [0.15, 0.2) is 18.2 Å². The highest BCUT2D eigenvalue weighted by atomic mass is 35.5. The summed E-state index contributed by atoms with van der Waals surface area (Å²) in [6.45, 7) is 1.80. The van der Waals surface area contributed by atoms with Crippen molar-refractivity contribution in [2.45, 2.75) is 12.8 Å². The molecule has 0 aliphatic carbocycles. The van der Waals surface area contributed by atoms with Crippen LogP contribution in [0.5, 0.6) is 0 Å². The molecule has 1 amide bonds. The van der Waals surface area contributed by atoms with Gasteiger partial charge in [-0.25, -0.2) is 0 Å². The molecule has 1 heterocycles. The van der Waals surface area contributed by atoms with Crippen LogP contribution in [0, 0.1) is 5.92 Å².